The van der Waals surface area contributed by atoms with Gasteiger partial charge in [-0.1, -0.05) is 11.6 Å². The summed E-state index contributed by atoms with van der Waals surface area (Å²) >= 11 is 0. The SMILES string of the molecule is Cc1ccc2c(c1)c(CN)c(C(F)(F)F)n2C. The fourth-order valence-corrected chi connectivity index (χ4v) is 2.20. The molecule has 0 aliphatic carbocycles. The van der Waals surface area contributed by atoms with E-state index < -0.39 is 11.9 Å². The lowest BCUT2D eigenvalue weighted by atomic mass is 10.1. The Morgan fingerprint density at radius 3 is 2.47 bits per heavy atom. The molecule has 2 rings (SSSR count). The van der Waals surface area contributed by atoms with E-state index in [0.29, 0.717) is 10.9 Å². The molecule has 0 fully saturated rings. The predicted molar refractivity (Wildman–Crippen MR) is 60.5 cm³/mol. The summed E-state index contributed by atoms with van der Waals surface area (Å²) in [7, 11) is 1.42. The van der Waals surface area contributed by atoms with Crippen LogP contribution in [0.3, 0.4) is 0 Å². The van der Waals surface area contributed by atoms with Crippen LogP contribution in [0, 0.1) is 6.92 Å². The molecule has 1 aromatic heterocycles. The van der Waals surface area contributed by atoms with Gasteiger partial charge in [0.1, 0.15) is 5.69 Å². The quantitative estimate of drug-likeness (QED) is 0.818. The summed E-state index contributed by atoms with van der Waals surface area (Å²) < 4.78 is 40.0. The van der Waals surface area contributed by atoms with Crippen molar-refractivity contribution in [3.8, 4) is 0 Å². The second-order valence-electron chi connectivity index (χ2n) is 4.11. The Hall–Kier alpha value is -1.49. The normalized spacial score (nSPS) is 12.4. The highest BCUT2D eigenvalue weighted by molar-refractivity contribution is 5.86. The van der Waals surface area contributed by atoms with Crippen LogP contribution in [0.4, 0.5) is 13.2 Å². The first-order valence-corrected chi connectivity index (χ1v) is 5.21. The van der Waals surface area contributed by atoms with Gasteiger partial charge in [-0.3, -0.25) is 0 Å². The lowest BCUT2D eigenvalue weighted by molar-refractivity contribution is -0.143. The van der Waals surface area contributed by atoms with Gasteiger partial charge in [0.15, 0.2) is 0 Å². The Labute approximate surface area is 96.8 Å². The van der Waals surface area contributed by atoms with E-state index in [1.807, 2.05) is 6.92 Å². The van der Waals surface area contributed by atoms with E-state index in [1.165, 1.54) is 7.05 Å². The highest BCUT2D eigenvalue weighted by Crippen LogP contribution is 2.37. The van der Waals surface area contributed by atoms with Crippen LogP contribution in [-0.2, 0) is 19.8 Å². The maximum absolute atomic E-state index is 13.0. The van der Waals surface area contributed by atoms with E-state index >= 15 is 0 Å². The summed E-state index contributed by atoms with van der Waals surface area (Å²) in [6.07, 6.45) is -4.38. The minimum Gasteiger partial charge on any atom is -0.340 e. The zero-order chi connectivity index (χ0) is 12.8. The van der Waals surface area contributed by atoms with Crippen LogP contribution in [-0.4, -0.2) is 4.57 Å². The van der Waals surface area contributed by atoms with E-state index in [2.05, 4.69) is 0 Å². The smallest absolute Gasteiger partial charge is 0.340 e. The molecular formula is C12H13F3N2. The Morgan fingerprint density at radius 1 is 1.29 bits per heavy atom. The van der Waals surface area contributed by atoms with E-state index in [1.54, 1.807) is 18.2 Å². The van der Waals surface area contributed by atoms with Crippen molar-refractivity contribution in [3.05, 3.63) is 35.0 Å². The van der Waals surface area contributed by atoms with Gasteiger partial charge in [-0.15, -0.1) is 0 Å². The van der Waals surface area contributed by atoms with Crippen molar-refractivity contribution in [2.45, 2.75) is 19.6 Å². The van der Waals surface area contributed by atoms with E-state index in [-0.39, 0.29) is 12.1 Å². The van der Waals surface area contributed by atoms with E-state index in [4.69, 9.17) is 5.73 Å². The molecule has 5 heteroatoms. The molecule has 2 aromatic rings. The van der Waals surface area contributed by atoms with Crippen LogP contribution in [0.25, 0.3) is 10.9 Å². The fourth-order valence-electron chi connectivity index (χ4n) is 2.20. The minimum absolute atomic E-state index is 0.115. The topological polar surface area (TPSA) is 30.9 Å². The highest BCUT2D eigenvalue weighted by Gasteiger charge is 2.37. The van der Waals surface area contributed by atoms with Gasteiger partial charge in [-0.25, -0.2) is 0 Å². The number of aryl methyl sites for hydroxylation is 2. The van der Waals surface area contributed by atoms with Crippen molar-refractivity contribution in [2.24, 2.45) is 12.8 Å². The number of hydrogen-bond donors (Lipinski definition) is 1. The Balaban J connectivity index is 2.89. The summed E-state index contributed by atoms with van der Waals surface area (Å²) in [5, 5.41) is 0.585. The minimum atomic E-state index is -4.38. The van der Waals surface area contributed by atoms with Crippen molar-refractivity contribution in [2.75, 3.05) is 0 Å². The number of fused-ring (bicyclic) bond motifs is 1. The molecule has 0 saturated carbocycles. The summed E-state index contributed by atoms with van der Waals surface area (Å²) in [4.78, 5) is 0. The number of benzene rings is 1. The Morgan fingerprint density at radius 2 is 1.94 bits per heavy atom. The molecular weight excluding hydrogens is 229 g/mol. The van der Waals surface area contributed by atoms with Crippen molar-refractivity contribution < 1.29 is 13.2 Å². The van der Waals surface area contributed by atoms with E-state index in [0.717, 1.165) is 10.1 Å². The largest absolute Gasteiger partial charge is 0.431 e. The average molecular weight is 242 g/mol. The molecule has 0 aliphatic rings. The van der Waals surface area contributed by atoms with E-state index in [9.17, 15) is 13.2 Å². The van der Waals surface area contributed by atoms with Crippen LogP contribution in [0.15, 0.2) is 18.2 Å². The number of nitrogens with zero attached hydrogens (tertiary/aromatic N) is 1. The lowest BCUT2D eigenvalue weighted by Crippen LogP contribution is -2.15. The van der Waals surface area contributed by atoms with Gasteiger partial charge >= 0.3 is 6.18 Å². The molecule has 0 bridgehead atoms. The Bertz CT molecular complexity index is 567. The van der Waals surface area contributed by atoms with Crippen LogP contribution in [0.1, 0.15) is 16.8 Å². The third kappa shape index (κ3) is 1.80. The second kappa shape index (κ2) is 3.77. The van der Waals surface area contributed by atoms with Crippen LogP contribution >= 0.6 is 0 Å². The molecule has 92 valence electrons. The van der Waals surface area contributed by atoms with Crippen molar-refractivity contribution >= 4 is 10.9 Å². The van der Waals surface area contributed by atoms with Crippen LogP contribution in [0.2, 0.25) is 0 Å². The van der Waals surface area contributed by atoms with Gasteiger partial charge in [0, 0.05) is 30.1 Å². The predicted octanol–water partition coefficient (Wildman–Crippen LogP) is 2.96. The molecule has 0 amide bonds. The standard InChI is InChI=1S/C12H13F3N2/c1-7-3-4-10-8(5-7)9(6-16)11(17(10)2)12(13,14)15/h3-5H,6,16H2,1-2H3. The van der Waals surface area contributed by atoms with Gasteiger partial charge in [0.05, 0.1) is 0 Å². The molecule has 0 atom stereocenters. The van der Waals surface area contributed by atoms with Gasteiger partial charge in [0.25, 0.3) is 0 Å². The third-order valence-electron chi connectivity index (χ3n) is 2.93. The zero-order valence-corrected chi connectivity index (χ0v) is 9.60. The average Bonchev–Trinajstić information content (AvgIpc) is 2.50. The molecule has 0 spiro atoms. The molecule has 0 saturated heterocycles. The van der Waals surface area contributed by atoms with Gasteiger partial charge < -0.3 is 10.3 Å². The number of alkyl halides is 3. The molecule has 1 aromatic carbocycles. The number of halogens is 3. The molecule has 1 heterocycles. The number of hydrogen-bond acceptors (Lipinski definition) is 1. The van der Waals surface area contributed by atoms with Crippen LogP contribution in [0.5, 0.6) is 0 Å². The van der Waals surface area contributed by atoms with Crippen molar-refractivity contribution in [1.29, 1.82) is 0 Å². The molecule has 0 unspecified atom stereocenters. The highest BCUT2D eigenvalue weighted by atomic mass is 19.4. The zero-order valence-electron chi connectivity index (χ0n) is 9.60. The molecule has 0 aliphatic heterocycles. The summed E-state index contributed by atoms with van der Waals surface area (Å²) in [5.41, 5.74) is 6.46. The van der Waals surface area contributed by atoms with Crippen LogP contribution < -0.4 is 5.73 Å². The molecule has 0 radical (unpaired) electrons. The first-order valence-electron chi connectivity index (χ1n) is 5.21. The Kier molecular flexibility index (Phi) is 2.66. The summed E-state index contributed by atoms with van der Waals surface area (Å²) in [6, 6.07) is 5.23. The first-order chi connectivity index (χ1) is 7.86. The monoisotopic (exact) mass is 242 g/mol. The second-order valence-corrected chi connectivity index (χ2v) is 4.11. The maximum atomic E-state index is 13.0. The number of nitrogens with two attached hydrogens (primary N) is 1. The molecule has 17 heavy (non-hydrogen) atoms. The third-order valence-corrected chi connectivity index (χ3v) is 2.93. The van der Waals surface area contributed by atoms with Gasteiger partial charge in [-0.2, -0.15) is 13.2 Å². The molecule has 2 N–H and O–H groups in total. The van der Waals surface area contributed by atoms with Gasteiger partial charge in [-0.05, 0) is 19.1 Å². The number of aromatic nitrogens is 1. The summed E-state index contributed by atoms with van der Waals surface area (Å²) in [5.74, 6) is 0. The maximum Gasteiger partial charge on any atom is 0.431 e. The summed E-state index contributed by atoms with van der Waals surface area (Å²) in [6.45, 7) is 1.73. The fraction of sp³-hybridized carbons (Fsp3) is 0.333. The number of rotatable bonds is 1. The lowest BCUT2D eigenvalue weighted by Gasteiger charge is -2.10. The van der Waals surface area contributed by atoms with Crippen molar-refractivity contribution in [1.82, 2.24) is 4.57 Å². The van der Waals surface area contributed by atoms with Crippen molar-refractivity contribution in [3.63, 3.8) is 0 Å². The molecule has 2 nitrogen and oxygen atoms in total. The first kappa shape index (κ1) is 12.0. The van der Waals surface area contributed by atoms with Gasteiger partial charge in [0.2, 0.25) is 0 Å².